The van der Waals surface area contributed by atoms with Crippen LogP contribution in [0.25, 0.3) is 11.3 Å². The Balaban J connectivity index is 1.64. The SMILES string of the molecule is CN/C(=C1\C(=N)CCc2cnc(Nc3ccc(C(=O)NCCN(C)C)cc3OC)nc21)c1ccccc1. The zero-order chi connectivity index (χ0) is 26.4. The van der Waals surface area contributed by atoms with E-state index in [1.165, 1.54) is 0 Å². The zero-order valence-corrected chi connectivity index (χ0v) is 21.7. The van der Waals surface area contributed by atoms with E-state index in [1.807, 2.05) is 62.6 Å². The van der Waals surface area contributed by atoms with Gasteiger partial charge in [0.2, 0.25) is 5.95 Å². The van der Waals surface area contributed by atoms with Crippen molar-refractivity contribution in [2.45, 2.75) is 12.8 Å². The molecule has 2 aromatic carbocycles. The first-order valence-electron chi connectivity index (χ1n) is 12.2. The molecule has 9 heteroatoms. The van der Waals surface area contributed by atoms with E-state index in [-0.39, 0.29) is 5.91 Å². The zero-order valence-electron chi connectivity index (χ0n) is 21.7. The van der Waals surface area contributed by atoms with Crippen molar-refractivity contribution in [1.82, 2.24) is 25.5 Å². The quantitative estimate of drug-likeness (QED) is 0.356. The molecule has 4 N–H and O–H groups in total. The fraction of sp³-hybridized carbons (Fsp3) is 0.286. The van der Waals surface area contributed by atoms with Crippen molar-refractivity contribution in [3.8, 4) is 5.75 Å². The van der Waals surface area contributed by atoms with E-state index in [0.29, 0.717) is 48.0 Å². The number of carbonyl (C=O) groups excluding carboxylic acids is 1. The van der Waals surface area contributed by atoms with Crippen LogP contribution in [-0.2, 0) is 6.42 Å². The number of amides is 1. The third-order valence-electron chi connectivity index (χ3n) is 6.16. The summed E-state index contributed by atoms with van der Waals surface area (Å²) in [6.07, 6.45) is 3.15. The summed E-state index contributed by atoms with van der Waals surface area (Å²) in [6, 6.07) is 15.2. The summed E-state index contributed by atoms with van der Waals surface area (Å²) in [4.78, 5) is 23.9. The number of ether oxygens (including phenoxy) is 1. The summed E-state index contributed by atoms with van der Waals surface area (Å²) in [7, 11) is 7.34. The summed E-state index contributed by atoms with van der Waals surface area (Å²) in [6.45, 7) is 1.31. The van der Waals surface area contributed by atoms with Gasteiger partial charge in [0.1, 0.15) is 5.75 Å². The summed E-state index contributed by atoms with van der Waals surface area (Å²) in [5, 5.41) is 18.1. The minimum absolute atomic E-state index is 0.162. The van der Waals surface area contributed by atoms with Gasteiger partial charge in [0.15, 0.2) is 0 Å². The average Bonchev–Trinajstić information content (AvgIpc) is 2.91. The van der Waals surface area contributed by atoms with E-state index < -0.39 is 0 Å². The lowest BCUT2D eigenvalue weighted by Crippen LogP contribution is -2.31. The lowest BCUT2D eigenvalue weighted by molar-refractivity contribution is 0.0950. The number of carbonyl (C=O) groups is 1. The number of allylic oxidation sites excluding steroid dienone is 1. The van der Waals surface area contributed by atoms with E-state index in [1.54, 1.807) is 25.3 Å². The number of fused-ring (bicyclic) bond motifs is 1. The molecule has 0 spiro atoms. The standard InChI is InChI=1S/C28H33N7O2/c1-30-25(18-8-6-5-7-9-18)24-21(29)12-10-20-17-32-28(34-26(20)24)33-22-13-11-19(16-23(22)37-4)27(36)31-14-15-35(2)3/h5-9,11,13,16-17,29-30H,10,12,14-15H2,1-4H3,(H,31,36)(H,32,33,34)/b25-24+,29-21?. The van der Waals surface area contributed by atoms with Crippen LogP contribution < -0.4 is 20.7 Å². The molecule has 1 heterocycles. The van der Waals surface area contributed by atoms with Gasteiger partial charge in [-0.3, -0.25) is 4.79 Å². The maximum absolute atomic E-state index is 12.5. The van der Waals surface area contributed by atoms with E-state index in [9.17, 15) is 4.79 Å². The number of hydrogen-bond donors (Lipinski definition) is 4. The molecule has 0 radical (unpaired) electrons. The molecule has 0 unspecified atom stereocenters. The number of nitrogens with one attached hydrogen (secondary N) is 4. The molecule has 37 heavy (non-hydrogen) atoms. The molecule has 0 aliphatic heterocycles. The monoisotopic (exact) mass is 499 g/mol. The van der Waals surface area contributed by atoms with E-state index in [0.717, 1.165) is 34.6 Å². The molecule has 1 amide bonds. The molecule has 4 rings (SSSR count). The average molecular weight is 500 g/mol. The second-order valence-corrected chi connectivity index (χ2v) is 9.01. The van der Waals surface area contributed by atoms with Crippen LogP contribution in [0.1, 0.15) is 33.6 Å². The number of nitrogens with zero attached hydrogens (tertiary/aromatic N) is 3. The first-order valence-corrected chi connectivity index (χ1v) is 12.2. The molecule has 0 fully saturated rings. The molecule has 192 valence electrons. The number of hydrogen-bond acceptors (Lipinski definition) is 8. The highest BCUT2D eigenvalue weighted by atomic mass is 16.5. The molecule has 0 atom stereocenters. The van der Waals surface area contributed by atoms with Crippen molar-refractivity contribution in [3.63, 3.8) is 0 Å². The van der Waals surface area contributed by atoms with Crippen molar-refractivity contribution in [1.29, 1.82) is 5.41 Å². The van der Waals surface area contributed by atoms with Gasteiger partial charge in [-0.2, -0.15) is 0 Å². The van der Waals surface area contributed by atoms with Crippen LogP contribution in [0.5, 0.6) is 5.75 Å². The van der Waals surface area contributed by atoms with Crippen molar-refractivity contribution >= 4 is 34.5 Å². The molecular formula is C28H33N7O2. The second-order valence-electron chi connectivity index (χ2n) is 9.01. The van der Waals surface area contributed by atoms with Gasteiger partial charge in [0, 0.05) is 43.2 Å². The van der Waals surface area contributed by atoms with Gasteiger partial charge in [0.05, 0.1) is 24.2 Å². The van der Waals surface area contributed by atoms with E-state index in [4.69, 9.17) is 15.1 Å². The highest BCUT2D eigenvalue weighted by Gasteiger charge is 2.25. The maximum Gasteiger partial charge on any atom is 0.251 e. The summed E-state index contributed by atoms with van der Waals surface area (Å²) >= 11 is 0. The van der Waals surface area contributed by atoms with Gasteiger partial charge in [-0.05, 0) is 56.3 Å². The molecular weight excluding hydrogens is 466 g/mol. The lowest BCUT2D eigenvalue weighted by atomic mass is 9.87. The van der Waals surface area contributed by atoms with Crippen LogP contribution in [0.2, 0.25) is 0 Å². The first kappa shape index (κ1) is 25.8. The Labute approximate surface area is 217 Å². The normalized spacial score (nSPS) is 14.1. The number of methoxy groups -OCH3 is 1. The Morgan fingerprint density at radius 3 is 2.59 bits per heavy atom. The third-order valence-corrected chi connectivity index (χ3v) is 6.16. The summed E-state index contributed by atoms with van der Waals surface area (Å²) in [5.41, 5.74) is 6.04. The highest BCUT2D eigenvalue weighted by Crippen LogP contribution is 2.34. The van der Waals surface area contributed by atoms with Crippen LogP contribution in [0.4, 0.5) is 11.6 Å². The number of anilines is 2. The smallest absolute Gasteiger partial charge is 0.251 e. The fourth-order valence-electron chi connectivity index (χ4n) is 4.23. The Bertz CT molecular complexity index is 1320. The third kappa shape index (κ3) is 5.95. The van der Waals surface area contributed by atoms with Gasteiger partial charge in [0.25, 0.3) is 5.91 Å². The fourth-order valence-corrected chi connectivity index (χ4v) is 4.23. The van der Waals surface area contributed by atoms with Gasteiger partial charge in [-0.1, -0.05) is 30.3 Å². The van der Waals surface area contributed by atoms with Crippen LogP contribution in [0.3, 0.4) is 0 Å². The highest BCUT2D eigenvalue weighted by molar-refractivity contribution is 6.29. The first-order chi connectivity index (χ1) is 17.9. The van der Waals surface area contributed by atoms with E-state index >= 15 is 0 Å². The number of aromatic nitrogens is 2. The number of rotatable bonds is 9. The Morgan fingerprint density at radius 1 is 1.11 bits per heavy atom. The van der Waals surface area contributed by atoms with Gasteiger partial charge >= 0.3 is 0 Å². The molecule has 0 saturated heterocycles. The maximum atomic E-state index is 12.5. The molecule has 9 nitrogen and oxygen atoms in total. The molecule has 1 aromatic heterocycles. The predicted octanol–water partition coefficient (Wildman–Crippen LogP) is 3.57. The topological polar surface area (TPSA) is 115 Å². The van der Waals surface area contributed by atoms with Crippen molar-refractivity contribution < 1.29 is 9.53 Å². The molecule has 1 aliphatic rings. The summed E-state index contributed by atoms with van der Waals surface area (Å²) < 4.78 is 5.56. The number of aryl methyl sites for hydroxylation is 1. The van der Waals surface area contributed by atoms with Crippen LogP contribution in [0.15, 0.2) is 54.7 Å². The molecule has 0 saturated carbocycles. The number of benzene rings is 2. The summed E-state index contributed by atoms with van der Waals surface area (Å²) in [5.74, 6) is 0.728. The van der Waals surface area contributed by atoms with Crippen LogP contribution in [0, 0.1) is 5.41 Å². The molecule has 3 aromatic rings. The van der Waals surface area contributed by atoms with Gasteiger partial charge in [-0.25, -0.2) is 9.97 Å². The van der Waals surface area contributed by atoms with Gasteiger partial charge in [-0.15, -0.1) is 0 Å². The predicted molar refractivity (Wildman–Crippen MR) is 148 cm³/mol. The minimum Gasteiger partial charge on any atom is -0.495 e. The van der Waals surface area contributed by atoms with E-state index in [2.05, 4.69) is 20.9 Å². The molecule has 1 aliphatic carbocycles. The number of likely N-dealkylation sites (N-methyl/N-ethyl adjacent to an activating group) is 1. The van der Waals surface area contributed by atoms with Crippen LogP contribution in [-0.4, -0.2) is 67.8 Å². The Morgan fingerprint density at radius 2 is 1.89 bits per heavy atom. The van der Waals surface area contributed by atoms with Gasteiger partial charge < -0.3 is 31.0 Å². The Kier molecular flexibility index (Phi) is 8.15. The second kappa shape index (κ2) is 11.7. The van der Waals surface area contributed by atoms with Crippen molar-refractivity contribution in [2.24, 2.45) is 0 Å². The minimum atomic E-state index is -0.162. The van der Waals surface area contributed by atoms with Crippen molar-refractivity contribution in [3.05, 3.63) is 77.1 Å². The largest absolute Gasteiger partial charge is 0.495 e. The van der Waals surface area contributed by atoms with Crippen molar-refractivity contribution in [2.75, 3.05) is 46.7 Å². The molecule has 0 bridgehead atoms. The van der Waals surface area contributed by atoms with Crippen LogP contribution >= 0.6 is 0 Å². The lowest BCUT2D eigenvalue weighted by Gasteiger charge is -2.23. The Hall–Kier alpha value is -4.24.